The van der Waals surface area contributed by atoms with Crippen molar-refractivity contribution in [2.75, 3.05) is 13.6 Å². The van der Waals surface area contributed by atoms with E-state index in [-0.39, 0.29) is 0 Å². The molecule has 0 heterocycles. The quantitative estimate of drug-likeness (QED) is 0.687. The highest BCUT2D eigenvalue weighted by Gasteiger charge is 2.24. The highest BCUT2D eigenvalue weighted by molar-refractivity contribution is 4.84. The van der Waals surface area contributed by atoms with Crippen molar-refractivity contribution in [3.05, 3.63) is 0 Å². The fourth-order valence-electron chi connectivity index (χ4n) is 2.46. The number of nitrogens with zero attached hydrogens (tertiary/aromatic N) is 1. The number of rotatable bonds is 5. The molecule has 0 radical (unpaired) electrons. The average Bonchev–Trinajstić information content (AvgIpc) is 2.18. The van der Waals surface area contributed by atoms with Crippen molar-refractivity contribution in [3.8, 4) is 0 Å². The zero-order valence-corrected chi connectivity index (χ0v) is 9.84. The van der Waals surface area contributed by atoms with Crippen LogP contribution in [0.25, 0.3) is 0 Å². The molecule has 0 saturated heterocycles. The predicted octanol–water partition coefficient (Wildman–Crippen LogP) is 2.38. The molecule has 0 aromatic heterocycles. The van der Waals surface area contributed by atoms with Gasteiger partial charge >= 0.3 is 0 Å². The monoisotopic (exact) mass is 198 g/mol. The Hall–Kier alpha value is -0.0800. The van der Waals surface area contributed by atoms with Gasteiger partial charge in [-0.15, -0.1) is 0 Å². The maximum atomic E-state index is 6.14. The van der Waals surface area contributed by atoms with E-state index in [2.05, 4.69) is 18.9 Å². The summed E-state index contributed by atoms with van der Waals surface area (Å²) in [6.45, 7) is 3.48. The first-order valence-electron chi connectivity index (χ1n) is 6.21. The molecule has 0 aromatic rings. The summed E-state index contributed by atoms with van der Waals surface area (Å²) in [4.78, 5) is 2.49. The summed E-state index contributed by atoms with van der Waals surface area (Å²) in [5, 5.41) is 0. The Kier molecular flexibility index (Phi) is 5.49. The molecular weight excluding hydrogens is 172 g/mol. The summed E-state index contributed by atoms with van der Waals surface area (Å²) >= 11 is 0. The fourth-order valence-corrected chi connectivity index (χ4v) is 2.46. The van der Waals surface area contributed by atoms with Crippen molar-refractivity contribution < 1.29 is 0 Å². The molecule has 84 valence electrons. The number of hydrogen-bond donors (Lipinski definition) is 1. The second-order valence-corrected chi connectivity index (χ2v) is 4.70. The van der Waals surface area contributed by atoms with Crippen molar-refractivity contribution >= 4 is 0 Å². The Morgan fingerprint density at radius 2 is 1.93 bits per heavy atom. The maximum Gasteiger partial charge on any atom is 0.0244 e. The predicted molar refractivity (Wildman–Crippen MR) is 62.4 cm³/mol. The van der Waals surface area contributed by atoms with Crippen molar-refractivity contribution in [2.24, 2.45) is 5.73 Å². The van der Waals surface area contributed by atoms with Crippen LogP contribution >= 0.6 is 0 Å². The zero-order chi connectivity index (χ0) is 10.4. The van der Waals surface area contributed by atoms with Crippen LogP contribution in [-0.2, 0) is 0 Å². The number of nitrogens with two attached hydrogens (primary N) is 1. The molecule has 0 spiro atoms. The average molecular weight is 198 g/mol. The molecule has 1 saturated carbocycles. The van der Waals surface area contributed by atoms with E-state index in [1.165, 1.54) is 51.5 Å². The lowest BCUT2D eigenvalue weighted by Gasteiger charge is -2.36. The largest absolute Gasteiger partial charge is 0.326 e. The normalized spacial score (nSPS) is 28.3. The van der Waals surface area contributed by atoms with Gasteiger partial charge in [-0.3, -0.25) is 0 Å². The molecule has 0 aromatic carbocycles. The molecule has 2 N–H and O–H groups in total. The Bertz CT molecular complexity index is 147. The number of unbranched alkanes of at least 4 members (excludes halogenated alkanes) is 2. The van der Waals surface area contributed by atoms with Crippen LogP contribution in [0.1, 0.15) is 51.9 Å². The first-order chi connectivity index (χ1) is 6.75. The third-order valence-corrected chi connectivity index (χ3v) is 3.46. The highest BCUT2D eigenvalue weighted by atomic mass is 15.1. The molecule has 2 unspecified atom stereocenters. The molecule has 0 amide bonds. The van der Waals surface area contributed by atoms with Gasteiger partial charge in [-0.05, 0) is 32.9 Å². The molecule has 0 aliphatic heterocycles. The minimum Gasteiger partial charge on any atom is -0.326 e. The first-order valence-corrected chi connectivity index (χ1v) is 6.21. The van der Waals surface area contributed by atoms with Crippen molar-refractivity contribution in [1.29, 1.82) is 0 Å². The Morgan fingerprint density at radius 1 is 1.21 bits per heavy atom. The summed E-state index contributed by atoms with van der Waals surface area (Å²) in [5.41, 5.74) is 6.14. The van der Waals surface area contributed by atoms with E-state index in [1.54, 1.807) is 0 Å². The van der Waals surface area contributed by atoms with E-state index in [9.17, 15) is 0 Å². The smallest absolute Gasteiger partial charge is 0.0244 e. The summed E-state index contributed by atoms with van der Waals surface area (Å²) in [6, 6.07) is 1.08. The Morgan fingerprint density at radius 3 is 2.57 bits per heavy atom. The molecule has 1 aliphatic rings. The first kappa shape index (κ1) is 12.0. The van der Waals surface area contributed by atoms with Crippen LogP contribution in [0.5, 0.6) is 0 Å². The molecule has 14 heavy (non-hydrogen) atoms. The van der Waals surface area contributed by atoms with Gasteiger partial charge in [-0.1, -0.05) is 32.6 Å². The molecule has 1 fully saturated rings. The fraction of sp³-hybridized carbons (Fsp3) is 1.00. The van der Waals surface area contributed by atoms with Gasteiger partial charge in [0.15, 0.2) is 0 Å². The molecule has 1 rings (SSSR count). The van der Waals surface area contributed by atoms with E-state index < -0.39 is 0 Å². The summed E-state index contributed by atoms with van der Waals surface area (Å²) in [6.07, 6.45) is 9.23. The van der Waals surface area contributed by atoms with E-state index in [0.717, 1.165) is 0 Å². The van der Waals surface area contributed by atoms with Crippen LogP contribution in [0.3, 0.4) is 0 Å². The lowest BCUT2D eigenvalue weighted by Crippen LogP contribution is -2.48. The van der Waals surface area contributed by atoms with E-state index in [4.69, 9.17) is 5.73 Å². The van der Waals surface area contributed by atoms with Crippen molar-refractivity contribution in [3.63, 3.8) is 0 Å². The van der Waals surface area contributed by atoms with Crippen LogP contribution in [0.4, 0.5) is 0 Å². The van der Waals surface area contributed by atoms with E-state index >= 15 is 0 Å². The number of hydrogen-bond acceptors (Lipinski definition) is 2. The van der Waals surface area contributed by atoms with Gasteiger partial charge in [0.25, 0.3) is 0 Å². The topological polar surface area (TPSA) is 29.3 Å². The third-order valence-electron chi connectivity index (χ3n) is 3.46. The van der Waals surface area contributed by atoms with Crippen LogP contribution in [0, 0.1) is 0 Å². The summed E-state index contributed by atoms with van der Waals surface area (Å²) in [7, 11) is 2.24. The SMILES string of the molecule is CCCCCN(C)C1CCCCC1N. The van der Waals surface area contributed by atoms with Gasteiger partial charge in [0, 0.05) is 12.1 Å². The third kappa shape index (κ3) is 3.58. The Balaban J connectivity index is 2.23. The minimum absolute atomic E-state index is 0.426. The van der Waals surface area contributed by atoms with Gasteiger partial charge in [-0.25, -0.2) is 0 Å². The lowest BCUT2D eigenvalue weighted by molar-refractivity contribution is 0.166. The van der Waals surface area contributed by atoms with Crippen LogP contribution in [0.15, 0.2) is 0 Å². The van der Waals surface area contributed by atoms with Crippen molar-refractivity contribution in [1.82, 2.24) is 4.90 Å². The van der Waals surface area contributed by atoms with Gasteiger partial charge in [-0.2, -0.15) is 0 Å². The van der Waals surface area contributed by atoms with Gasteiger partial charge in [0.1, 0.15) is 0 Å². The van der Waals surface area contributed by atoms with Gasteiger partial charge < -0.3 is 10.6 Å². The second-order valence-electron chi connectivity index (χ2n) is 4.70. The molecule has 0 bridgehead atoms. The maximum absolute atomic E-state index is 6.14. The lowest BCUT2D eigenvalue weighted by atomic mass is 9.90. The Labute approximate surface area is 88.8 Å². The molecular formula is C12H26N2. The van der Waals surface area contributed by atoms with Gasteiger partial charge in [0.05, 0.1) is 0 Å². The number of likely N-dealkylation sites (N-methyl/N-ethyl adjacent to an activating group) is 1. The summed E-state index contributed by atoms with van der Waals surface area (Å²) in [5.74, 6) is 0. The highest BCUT2D eigenvalue weighted by Crippen LogP contribution is 2.21. The van der Waals surface area contributed by atoms with E-state index in [0.29, 0.717) is 12.1 Å². The van der Waals surface area contributed by atoms with Crippen molar-refractivity contribution in [2.45, 2.75) is 64.0 Å². The molecule has 2 heteroatoms. The van der Waals surface area contributed by atoms with Crippen LogP contribution in [0.2, 0.25) is 0 Å². The standard InChI is InChI=1S/C12H26N2/c1-3-4-7-10-14(2)12-9-6-5-8-11(12)13/h11-12H,3-10,13H2,1-2H3. The molecule has 2 atom stereocenters. The van der Waals surface area contributed by atoms with Gasteiger partial charge in [0.2, 0.25) is 0 Å². The van der Waals surface area contributed by atoms with Crippen LogP contribution < -0.4 is 5.73 Å². The molecule has 2 nitrogen and oxygen atoms in total. The van der Waals surface area contributed by atoms with E-state index in [1.807, 2.05) is 0 Å². The summed E-state index contributed by atoms with van der Waals surface area (Å²) < 4.78 is 0. The molecule has 1 aliphatic carbocycles. The minimum atomic E-state index is 0.426. The zero-order valence-electron chi connectivity index (χ0n) is 9.84. The van der Waals surface area contributed by atoms with Crippen LogP contribution in [-0.4, -0.2) is 30.6 Å². The second kappa shape index (κ2) is 6.41.